The van der Waals surface area contributed by atoms with Crippen LogP contribution in [0.5, 0.6) is 0 Å². The molecule has 1 saturated heterocycles. The smallest absolute Gasteiger partial charge is 0.170 e. The van der Waals surface area contributed by atoms with Gasteiger partial charge in [0.25, 0.3) is 0 Å². The molecule has 0 saturated carbocycles. The maximum atomic E-state index is 5.36. The van der Waals surface area contributed by atoms with Gasteiger partial charge in [-0.15, -0.1) is 0 Å². The first-order valence-corrected chi connectivity index (χ1v) is 7.53. The Balaban J connectivity index is 1.86. The molecule has 2 N–H and O–H groups in total. The molecule has 0 spiro atoms. The van der Waals surface area contributed by atoms with Gasteiger partial charge in [-0.2, -0.15) is 0 Å². The van der Waals surface area contributed by atoms with E-state index in [4.69, 9.17) is 17.0 Å². The summed E-state index contributed by atoms with van der Waals surface area (Å²) in [5.41, 5.74) is 2.25. The molecule has 0 bridgehead atoms. The predicted molar refractivity (Wildman–Crippen MR) is 88.5 cm³/mol. The van der Waals surface area contributed by atoms with Gasteiger partial charge in [0.1, 0.15) is 0 Å². The molecule has 2 rings (SSSR count). The van der Waals surface area contributed by atoms with Gasteiger partial charge in [-0.05, 0) is 42.4 Å². The van der Waals surface area contributed by atoms with E-state index in [1.807, 2.05) is 0 Å². The molecule has 20 heavy (non-hydrogen) atoms. The molecule has 1 aliphatic rings. The fourth-order valence-electron chi connectivity index (χ4n) is 2.05. The van der Waals surface area contributed by atoms with Crippen LogP contribution < -0.4 is 15.5 Å². The minimum Gasteiger partial charge on any atom is -0.378 e. The van der Waals surface area contributed by atoms with E-state index in [1.54, 1.807) is 0 Å². The monoisotopic (exact) mass is 293 g/mol. The predicted octanol–water partition coefficient (Wildman–Crippen LogP) is 2.47. The Morgan fingerprint density at radius 3 is 2.50 bits per heavy atom. The number of nitrogens with zero attached hydrogens (tertiary/aromatic N) is 1. The zero-order valence-electron chi connectivity index (χ0n) is 12.2. The van der Waals surface area contributed by atoms with Gasteiger partial charge >= 0.3 is 0 Å². The van der Waals surface area contributed by atoms with Gasteiger partial charge in [-0.25, -0.2) is 0 Å². The summed E-state index contributed by atoms with van der Waals surface area (Å²) in [4.78, 5) is 2.34. The average Bonchev–Trinajstić information content (AvgIpc) is 2.47. The molecule has 5 heteroatoms. The summed E-state index contributed by atoms with van der Waals surface area (Å²) in [5.74, 6) is 0.582. The molecular formula is C15H23N3OS. The Hall–Kier alpha value is -1.33. The minimum absolute atomic E-state index is 0.582. The Labute approximate surface area is 126 Å². The zero-order chi connectivity index (χ0) is 14.4. The van der Waals surface area contributed by atoms with Gasteiger partial charge in [0.2, 0.25) is 0 Å². The molecule has 1 aromatic carbocycles. The Bertz CT molecular complexity index is 427. The van der Waals surface area contributed by atoms with Crippen LogP contribution in [0, 0.1) is 5.92 Å². The van der Waals surface area contributed by atoms with E-state index in [0.717, 1.165) is 38.5 Å². The molecule has 110 valence electrons. The molecule has 0 amide bonds. The van der Waals surface area contributed by atoms with Gasteiger partial charge in [-0.1, -0.05) is 13.8 Å². The number of hydrogen-bond donors (Lipinski definition) is 2. The quantitative estimate of drug-likeness (QED) is 0.834. The standard InChI is InChI=1S/C15H23N3OS/c1-12(2)11-16-15(20)17-13-3-5-14(6-4-13)18-7-9-19-10-8-18/h3-6,12H,7-11H2,1-2H3,(H2,16,17,20). The summed E-state index contributed by atoms with van der Waals surface area (Å²) in [6, 6.07) is 8.37. The molecular weight excluding hydrogens is 270 g/mol. The van der Waals surface area contributed by atoms with Gasteiger partial charge in [-0.3, -0.25) is 0 Å². The summed E-state index contributed by atoms with van der Waals surface area (Å²) in [6.07, 6.45) is 0. The SMILES string of the molecule is CC(C)CNC(=S)Nc1ccc(N2CCOCC2)cc1. The second-order valence-corrected chi connectivity index (χ2v) is 5.78. The molecule has 0 unspecified atom stereocenters. The van der Waals surface area contributed by atoms with Crippen molar-refractivity contribution in [3.05, 3.63) is 24.3 Å². The topological polar surface area (TPSA) is 36.5 Å². The van der Waals surface area contributed by atoms with Crippen molar-refractivity contribution in [3.8, 4) is 0 Å². The molecule has 1 aromatic rings. The molecule has 0 radical (unpaired) electrons. The van der Waals surface area contributed by atoms with E-state index >= 15 is 0 Å². The molecule has 0 aromatic heterocycles. The fourth-order valence-corrected chi connectivity index (χ4v) is 2.25. The van der Waals surface area contributed by atoms with E-state index < -0.39 is 0 Å². The van der Waals surface area contributed by atoms with Crippen LogP contribution in [-0.2, 0) is 4.74 Å². The van der Waals surface area contributed by atoms with Crippen molar-refractivity contribution in [1.29, 1.82) is 0 Å². The van der Waals surface area contributed by atoms with Crippen LogP contribution in [0.3, 0.4) is 0 Å². The van der Waals surface area contributed by atoms with Crippen molar-refractivity contribution in [1.82, 2.24) is 5.32 Å². The maximum Gasteiger partial charge on any atom is 0.170 e. The molecule has 1 heterocycles. The lowest BCUT2D eigenvalue weighted by Crippen LogP contribution is -2.36. The first kappa shape index (κ1) is 15.1. The number of thiocarbonyl (C=S) groups is 1. The second-order valence-electron chi connectivity index (χ2n) is 5.38. The molecule has 1 fully saturated rings. The lowest BCUT2D eigenvalue weighted by molar-refractivity contribution is 0.122. The van der Waals surface area contributed by atoms with Crippen molar-refractivity contribution in [2.75, 3.05) is 43.1 Å². The number of ether oxygens (including phenoxy) is 1. The summed E-state index contributed by atoms with van der Waals surface area (Å²) in [5, 5.41) is 7.09. The lowest BCUT2D eigenvalue weighted by Gasteiger charge is -2.29. The fraction of sp³-hybridized carbons (Fsp3) is 0.533. The highest BCUT2D eigenvalue weighted by atomic mass is 32.1. The highest BCUT2D eigenvalue weighted by Crippen LogP contribution is 2.18. The van der Waals surface area contributed by atoms with E-state index in [1.165, 1.54) is 5.69 Å². The lowest BCUT2D eigenvalue weighted by atomic mass is 10.2. The molecule has 0 atom stereocenters. The van der Waals surface area contributed by atoms with Crippen molar-refractivity contribution in [3.63, 3.8) is 0 Å². The molecule has 4 nitrogen and oxygen atoms in total. The van der Waals surface area contributed by atoms with Crippen LogP contribution in [0.4, 0.5) is 11.4 Å². The van der Waals surface area contributed by atoms with Crippen molar-refractivity contribution in [2.24, 2.45) is 5.92 Å². The van der Waals surface area contributed by atoms with Gasteiger partial charge in [0, 0.05) is 31.0 Å². The van der Waals surface area contributed by atoms with E-state index in [2.05, 4.69) is 53.6 Å². The molecule has 1 aliphatic heterocycles. The highest BCUT2D eigenvalue weighted by Gasteiger charge is 2.10. The Morgan fingerprint density at radius 1 is 1.25 bits per heavy atom. The van der Waals surface area contributed by atoms with Crippen LogP contribution in [-0.4, -0.2) is 38.0 Å². The third-order valence-corrected chi connectivity index (χ3v) is 3.42. The van der Waals surface area contributed by atoms with Gasteiger partial charge in [0.15, 0.2) is 5.11 Å². The zero-order valence-corrected chi connectivity index (χ0v) is 13.0. The van der Waals surface area contributed by atoms with E-state index in [0.29, 0.717) is 11.0 Å². The second kappa shape index (κ2) is 7.45. The summed E-state index contributed by atoms with van der Waals surface area (Å²) < 4.78 is 5.36. The van der Waals surface area contributed by atoms with E-state index in [9.17, 15) is 0 Å². The molecule has 0 aliphatic carbocycles. The number of benzene rings is 1. The highest BCUT2D eigenvalue weighted by molar-refractivity contribution is 7.80. The van der Waals surface area contributed by atoms with Crippen LogP contribution in [0.15, 0.2) is 24.3 Å². The Kier molecular flexibility index (Phi) is 5.61. The van der Waals surface area contributed by atoms with Crippen molar-refractivity contribution >= 4 is 28.7 Å². The maximum absolute atomic E-state index is 5.36. The summed E-state index contributed by atoms with van der Waals surface area (Å²) in [7, 11) is 0. The number of morpholine rings is 1. The average molecular weight is 293 g/mol. The van der Waals surface area contributed by atoms with Crippen LogP contribution in [0.25, 0.3) is 0 Å². The third kappa shape index (κ3) is 4.65. The van der Waals surface area contributed by atoms with Crippen LogP contribution in [0.1, 0.15) is 13.8 Å². The minimum atomic E-state index is 0.582. The normalized spacial score (nSPS) is 15.2. The summed E-state index contributed by atoms with van der Waals surface area (Å²) >= 11 is 5.26. The van der Waals surface area contributed by atoms with Gasteiger partial charge in [0.05, 0.1) is 13.2 Å². The number of nitrogens with one attached hydrogen (secondary N) is 2. The largest absolute Gasteiger partial charge is 0.378 e. The van der Waals surface area contributed by atoms with E-state index in [-0.39, 0.29) is 0 Å². The number of rotatable bonds is 4. The van der Waals surface area contributed by atoms with Crippen molar-refractivity contribution in [2.45, 2.75) is 13.8 Å². The number of anilines is 2. The van der Waals surface area contributed by atoms with Crippen molar-refractivity contribution < 1.29 is 4.74 Å². The third-order valence-electron chi connectivity index (χ3n) is 3.17. The summed E-state index contributed by atoms with van der Waals surface area (Å²) in [6.45, 7) is 8.74. The van der Waals surface area contributed by atoms with Gasteiger partial charge < -0.3 is 20.3 Å². The van der Waals surface area contributed by atoms with Crippen LogP contribution >= 0.6 is 12.2 Å². The number of hydrogen-bond acceptors (Lipinski definition) is 3. The first-order valence-electron chi connectivity index (χ1n) is 7.13. The Morgan fingerprint density at radius 2 is 1.90 bits per heavy atom. The van der Waals surface area contributed by atoms with Crippen LogP contribution in [0.2, 0.25) is 0 Å². The first-order chi connectivity index (χ1) is 9.65.